The standard InChI is InChI=1S/C22H28N2O5/c1-15(21(27)23-10-3-4-11-23)24-12-9-22(8-7-20(24)26)14-18(25)17-6-5-16(28-2)13-19(17)29-22/h5-6,13,15H,3-4,7-12,14H2,1-2H3. The molecular formula is C22H28N2O5. The Morgan fingerprint density at radius 2 is 1.93 bits per heavy atom. The zero-order chi connectivity index (χ0) is 20.6. The number of hydrogen-bond donors (Lipinski definition) is 0. The molecule has 2 fully saturated rings. The minimum absolute atomic E-state index is 0.0162. The minimum atomic E-state index is -0.711. The molecule has 2 saturated heterocycles. The number of methoxy groups -OCH3 is 1. The van der Waals surface area contributed by atoms with Crippen LogP contribution in [-0.2, 0) is 9.59 Å². The van der Waals surface area contributed by atoms with Crippen molar-refractivity contribution in [2.24, 2.45) is 0 Å². The zero-order valence-corrected chi connectivity index (χ0v) is 17.1. The average molecular weight is 400 g/mol. The van der Waals surface area contributed by atoms with Crippen molar-refractivity contribution in [3.8, 4) is 11.5 Å². The van der Waals surface area contributed by atoms with Crippen LogP contribution in [0.1, 0.15) is 55.8 Å². The largest absolute Gasteiger partial charge is 0.497 e. The highest BCUT2D eigenvalue weighted by molar-refractivity contribution is 6.00. The van der Waals surface area contributed by atoms with Gasteiger partial charge in [-0.3, -0.25) is 14.4 Å². The normalized spacial score (nSPS) is 25.4. The molecule has 1 spiro atoms. The molecule has 2 unspecified atom stereocenters. The van der Waals surface area contributed by atoms with E-state index in [-0.39, 0.29) is 30.4 Å². The Labute approximate surface area is 170 Å². The van der Waals surface area contributed by atoms with E-state index in [4.69, 9.17) is 9.47 Å². The first-order chi connectivity index (χ1) is 13.9. The van der Waals surface area contributed by atoms with Gasteiger partial charge in [-0.1, -0.05) is 0 Å². The lowest BCUT2D eigenvalue weighted by Gasteiger charge is -2.37. The zero-order valence-electron chi connectivity index (χ0n) is 17.1. The molecule has 3 heterocycles. The van der Waals surface area contributed by atoms with Crippen molar-refractivity contribution in [2.45, 2.75) is 57.1 Å². The Bertz CT molecular complexity index is 832. The molecule has 7 nitrogen and oxygen atoms in total. The summed E-state index contributed by atoms with van der Waals surface area (Å²) in [7, 11) is 1.57. The molecule has 29 heavy (non-hydrogen) atoms. The van der Waals surface area contributed by atoms with Crippen molar-refractivity contribution in [3.63, 3.8) is 0 Å². The van der Waals surface area contributed by atoms with Crippen LogP contribution in [0.15, 0.2) is 18.2 Å². The highest BCUT2D eigenvalue weighted by atomic mass is 16.5. The maximum Gasteiger partial charge on any atom is 0.245 e. The third-order valence-electron chi connectivity index (χ3n) is 6.46. The first-order valence-electron chi connectivity index (χ1n) is 10.4. The predicted molar refractivity (Wildman–Crippen MR) is 106 cm³/mol. The minimum Gasteiger partial charge on any atom is -0.497 e. The van der Waals surface area contributed by atoms with E-state index in [1.165, 1.54) is 0 Å². The van der Waals surface area contributed by atoms with Crippen molar-refractivity contribution in [1.82, 2.24) is 9.80 Å². The maximum absolute atomic E-state index is 12.8. The van der Waals surface area contributed by atoms with Gasteiger partial charge in [-0.05, 0) is 38.3 Å². The number of ketones is 1. The van der Waals surface area contributed by atoms with Crippen LogP contribution in [-0.4, -0.2) is 65.8 Å². The first kappa shape index (κ1) is 19.7. The summed E-state index contributed by atoms with van der Waals surface area (Å²) in [5, 5.41) is 0. The molecule has 0 bridgehead atoms. The lowest BCUT2D eigenvalue weighted by atomic mass is 9.84. The lowest BCUT2D eigenvalue weighted by molar-refractivity contribution is -0.144. The fraction of sp³-hybridized carbons (Fsp3) is 0.591. The summed E-state index contributed by atoms with van der Waals surface area (Å²) in [5.41, 5.74) is -0.154. The van der Waals surface area contributed by atoms with Crippen LogP contribution in [0.2, 0.25) is 0 Å². The van der Waals surface area contributed by atoms with Crippen LogP contribution < -0.4 is 9.47 Å². The van der Waals surface area contributed by atoms with Crippen LogP contribution in [0.3, 0.4) is 0 Å². The summed E-state index contributed by atoms with van der Waals surface area (Å²) >= 11 is 0. The van der Waals surface area contributed by atoms with E-state index in [9.17, 15) is 14.4 Å². The fourth-order valence-corrected chi connectivity index (χ4v) is 4.68. The average Bonchev–Trinajstić information content (AvgIpc) is 3.21. The Morgan fingerprint density at radius 1 is 1.17 bits per heavy atom. The number of benzene rings is 1. The molecule has 156 valence electrons. The number of nitrogens with zero attached hydrogens (tertiary/aromatic N) is 2. The second kappa shape index (κ2) is 7.69. The monoisotopic (exact) mass is 400 g/mol. The smallest absolute Gasteiger partial charge is 0.245 e. The second-order valence-electron chi connectivity index (χ2n) is 8.29. The van der Waals surface area contributed by atoms with Crippen LogP contribution >= 0.6 is 0 Å². The highest BCUT2D eigenvalue weighted by Crippen LogP contribution is 2.41. The second-order valence-corrected chi connectivity index (χ2v) is 8.29. The summed E-state index contributed by atoms with van der Waals surface area (Å²) in [6, 6.07) is 4.73. The maximum atomic E-state index is 12.8. The summed E-state index contributed by atoms with van der Waals surface area (Å²) in [6.07, 6.45) is 3.56. The molecular weight excluding hydrogens is 372 g/mol. The summed E-state index contributed by atoms with van der Waals surface area (Å²) in [6.45, 7) is 3.76. The van der Waals surface area contributed by atoms with E-state index in [1.807, 2.05) is 11.8 Å². The number of amides is 2. The number of ether oxygens (including phenoxy) is 2. The fourth-order valence-electron chi connectivity index (χ4n) is 4.68. The number of carbonyl (C=O) groups is 3. The molecule has 1 aromatic carbocycles. The van der Waals surface area contributed by atoms with Gasteiger partial charge in [0.05, 0.1) is 19.1 Å². The molecule has 0 saturated carbocycles. The SMILES string of the molecule is COc1ccc2c(c1)OC1(CCC(=O)N(C(C)C(=O)N3CCCC3)CC1)CC2=O. The van der Waals surface area contributed by atoms with E-state index in [1.54, 1.807) is 30.2 Å². The van der Waals surface area contributed by atoms with E-state index < -0.39 is 11.6 Å². The van der Waals surface area contributed by atoms with Crippen molar-refractivity contribution >= 4 is 17.6 Å². The van der Waals surface area contributed by atoms with Gasteiger partial charge >= 0.3 is 0 Å². The van der Waals surface area contributed by atoms with Gasteiger partial charge in [0.25, 0.3) is 0 Å². The van der Waals surface area contributed by atoms with Gasteiger partial charge in [0, 0.05) is 38.5 Å². The molecule has 1 aromatic rings. The molecule has 0 radical (unpaired) electrons. The van der Waals surface area contributed by atoms with Crippen LogP contribution in [0.25, 0.3) is 0 Å². The number of Topliss-reactive ketones (excluding diaryl/α,β-unsaturated/α-hetero) is 1. The molecule has 3 aliphatic heterocycles. The topological polar surface area (TPSA) is 76.2 Å². The van der Waals surface area contributed by atoms with Gasteiger partial charge in [0.15, 0.2) is 5.78 Å². The van der Waals surface area contributed by atoms with Gasteiger partial charge in [-0.15, -0.1) is 0 Å². The Balaban J connectivity index is 1.52. The highest BCUT2D eigenvalue weighted by Gasteiger charge is 2.44. The van der Waals surface area contributed by atoms with E-state index in [2.05, 4.69) is 0 Å². The third-order valence-corrected chi connectivity index (χ3v) is 6.46. The van der Waals surface area contributed by atoms with Crippen LogP contribution in [0.4, 0.5) is 0 Å². The lowest BCUT2D eigenvalue weighted by Crippen LogP contribution is -2.49. The molecule has 7 heteroatoms. The predicted octanol–water partition coefficient (Wildman–Crippen LogP) is 2.42. The molecule has 3 aliphatic rings. The van der Waals surface area contributed by atoms with Gasteiger partial charge < -0.3 is 19.3 Å². The Kier molecular flexibility index (Phi) is 5.23. The molecule has 0 aliphatic carbocycles. The van der Waals surface area contributed by atoms with Gasteiger partial charge in [-0.2, -0.15) is 0 Å². The number of carbonyl (C=O) groups excluding carboxylic acids is 3. The van der Waals surface area contributed by atoms with Gasteiger partial charge in [-0.25, -0.2) is 0 Å². The molecule has 2 atom stereocenters. The summed E-state index contributed by atoms with van der Waals surface area (Å²) < 4.78 is 11.6. The molecule has 4 rings (SSSR count). The number of likely N-dealkylation sites (tertiary alicyclic amines) is 2. The third kappa shape index (κ3) is 3.70. The summed E-state index contributed by atoms with van der Waals surface area (Å²) in [5.74, 6) is 1.14. The van der Waals surface area contributed by atoms with Crippen molar-refractivity contribution in [3.05, 3.63) is 23.8 Å². The van der Waals surface area contributed by atoms with Crippen molar-refractivity contribution in [1.29, 1.82) is 0 Å². The number of rotatable bonds is 3. The van der Waals surface area contributed by atoms with E-state index in [0.29, 0.717) is 36.4 Å². The van der Waals surface area contributed by atoms with E-state index >= 15 is 0 Å². The Hall–Kier alpha value is -2.57. The van der Waals surface area contributed by atoms with E-state index in [0.717, 1.165) is 25.9 Å². The van der Waals surface area contributed by atoms with Crippen molar-refractivity contribution < 1.29 is 23.9 Å². The first-order valence-corrected chi connectivity index (χ1v) is 10.4. The van der Waals surface area contributed by atoms with Crippen molar-refractivity contribution in [2.75, 3.05) is 26.7 Å². The number of fused-ring (bicyclic) bond motifs is 1. The molecule has 0 N–H and O–H groups in total. The Morgan fingerprint density at radius 3 is 2.66 bits per heavy atom. The summed E-state index contributed by atoms with van der Waals surface area (Å²) in [4.78, 5) is 41.9. The quantitative estimate of drug-likeness (QED) is 0.779. The molecule has 0 aromatic heterocycles. The van der Waals surface area contributed by atoms with Gasteiger partial charge in [0.1, 0.15) is 23.1 Å². The number of hydrogen-bond acceptors (Lipinski definition) is 5. The van der Waals surface area contributed by atoms with Crippen LogP contribution in [0.5, 0.6) is 11.5 Å². The molecule has 2 amide bonds. The van der Waals surface area contributed by atoms with Crippen LogP contribution in [0, 0.1) is 0 Å². The van der Waals surface area contributed by atoms with Gasteiger partial charge in [0.2, 0.25) is 11.8 Å².